The van der Waals surface area contributed by atoms with Gasteiger partial charge in [0.05, 0.1) is 0 Å². The molecular weight excluding hydrogens is 216 g/mol. The van der Waals surface area contributed by atoms with Crippen LogP contribution >= 0.6 is 23.4 Å². The summed E-state index contributed by atoms with van der Waals surface area (Å²) in [7, 11) is 0. The molecule has 0 aliphatic heterocycles. The van der Waals surface area contributed by atoms with E-state index in [1.165, 1.54) is 17.7 Å². The topological polar surface area (TPSA) is 17.1 Å². The van der Waals surface area contributed by atoms with E-state index in [1.807, 2.05) is 23.9 Å². The molecule has 0 saturated heterocycles. The van der Waals surface area contributed by atoms with Crippen LogP contribution < -0.4 is 0 Å². The molecule has 0 fully saturated rings. The number of carbonyl (C=O) groups excluding carboxylic acids is 1. The molecule has 0 N–H and O–H groups in total. The lowest BCUT2D eigenvalue weighted by atomic mass is 10.2. The minimum atomic E-state index is -0.393. The lowest BCUT2D eigenvalue weighted by Gasteiger charge is -2.00. The Labute approximate surface area is 93.8 Å². The average molecular weight is 229 g/mol. The highest BCUT2D eigenvalue weighted by molar-refractivity contribution is 7.99. The second kappa shape index (κ2) is 6.10. The predicted octanol–water partition coefficient (Wildman–Crippen LogP) is 3.96. The maximum absolute atomic E-state index is 10.8. The summed E-state index contributed by atoms with van der Waals surface area (Å²) in [5.41, 5.74) is 0.562. The van der Waals surface area contributed by atoms with Crippen molar-refractivity contribution in [3.05, 3.63) is 29.8 Å². The number of carbonyl (C=O) groups is 1. The zero-order chi connectivity index (χ0) is 10.4. The van der Waals surface area contributed by atoms with Crippen molar-refractivity contribution in [2.45, 2.75) is 24.7 Å². The van der Waals surface area contributed by atoms with Crippen LogP contribution in [-0.2, 0) is 0 Å². The second-order valence-electron chi connectivity index (χ2n) is 3.00. The Hall–Kier alpha value is -0.470. The van der Waals surface area contributed by atoms with E-state index in [4.69, 9.17) is 11.6 Å². The molecule has 1 aromatic carbocycles. The number of benzene rings is 1. The van der Waals surface area contributed by atoms with E-state index in [-0.39, 0.29) is 0 Å². The monoisotopic (exact) mass is 228 g/mol. The van der Waals surface area contributed by atoms with Gasteiger partial charge >= 0.3 is 0 Å². The fraction of sp³-hybridized carbons (Fsp3) is 0.364. The number of hydrogen-bond acceptors (Lipinski definition) is 2. The summed E-state index contributed by atoms with van der Waals surface area (Å²) in [5, 5.41) is -0.393. The van der Waals surface area contributed by atoms with Crippen LogP contribution in [0.2, 0.25) is 0 Å². The molecular formula is C11H13ClOS. The SMILES string of the molecule is CCCCSc1ccc(C(=O)Cl)cc1. The van der Waals surface area contributed by atoms with Gasteiger partial charge in [-0.1, -0.05) is 13.3 Å². The molecule has 14 heavy (non-hydrogen) atoms. The molecule has 1 aromatic rings. The van der Waals surface area contributed by atoms with Crippen LogP contribution in [0.15, 0.2) is 29.2 Å². The van der Waals surface area contributed by atoms with Gasteiger partial charge in [-0.3, -0.25) is 4.79 Å². The van der Waals surface area contributed by atoms with Crippen LogP contribution in [0.25, 0.3) is 0 Å². The molecule has 1 nitrogen and oxygen atoms in total. The normalized spacial score (nSPS) is 10.1. The number of halogens is 1. The molecule has 0 spiro atoms. The third kappa shape index (κ3) is 3.72. The van der Waals surface area contributed by atoms with Gasteiger partial charge in [0, 0.05) is 10.5 Å². The summed E-state index contributed by atoms with van der Waals surface area (Å²) in [6.45, 7) is 2.18. The standard InChI is InChI=1S/C11H13ClOS/c1-2-3-8-14-10-6-4-9(5-7-10)11(12)13/h4-7H,2-3,8H2,1H3. The van der Waals surface area contributed by atoms with E-state index in [0.717, 1.165) is 5.75 Å². The summed E-state index contributed by atoms with van der Waals surface area (Å²) >= 11 is 7.15. The number of unbranched alkanes of at least 4 members (excludes halogenated alkanes) is 1. The maximum atomic E-state index is 10.8. The van der Waals surface area contributed by atoms with Gasteiger partial charge in [-0.05, 0) is 48.0 Å². The van der Waals surface area contributed by atoms with Crippen molar-refractivity contribution in [3.63, 3.8) is 0 Å². The summed E-state index contributed by atoms with van der Waals surface area (Å²) in [4.78, 5) is 12.0. The van der Waals surface area contributed by atoms with E-state index < -0.39 is 5.24 Å². The molecule has 1 rings (SSSR count). The minimum absolute atomic E-state index is 0.393. The first-order valence-electron chi connectivity index (χ1n) is 4.66. The zero-order valence-corrected chi connectivity index (χ0v) is 9.70. The highest BCUT2D eigenvalue weighted by atomic mass is 35.5. The highest BCUT2D eigenvalue weighted by Gasteiger charge is 2.00. The van der Waals surface area contributed by atoms with Crippen molar-refractivity contribution in [3.8, 4) is 0 Å². The predicted molar refractivity (Wildman–Crippen MR) is 62.3 cm³/mol. The molecule has 0 bridgehead atoms. The molecule has 76 valence electrons. The quantitative estimate of drug-likeness (QED) is 0.431. The molecule has 0 radical (unpaired) electrons. The molecule has 3 heteroatoms. The smallest absolute Gasteiger partial charge is 0.252 e. The maximum Gasteiger partial charge on any atom is 0.252 e. The number of hydrogen-bond donors (Lipinski definition) is 0. The molecule has 0 atom stereocenters. The van der Waals surface area contributed by atoms with E-state index >= 15 is 0 Å². The van der Waals surface area contributed by atoms with Gasteiger partial charge < -0.3 is 0 Å². The first-order chi connectivity index (χ1) is 6.74. The first kappa shape index (κ1) is 11.6. The van der Waals surface area contributed by atoms with E-state index in [1.54, 1.807) is 12.1 Å². The fourth-order valence-corrected chi connectivity index (χ4v) is 2.14. The molecule has 0 aromatic heterocycles. The Morgan fingerprint density at radius 2 is 2.00 bits per heavy atom. The van der Waals surface area contributed by atoms with Crippen LogP contribution in [0.1, 0.15) is 30.1 Å². The molecule has 0 aliphatic carbocycles. The minimum Gasteiger partial charge on any atom is -0.276 e. The third-order valence-electron chi connectivity index (χ3n) is 1.85. The number of thioether (sulfide) groups is 1. The second-order valence-corrected chi connectivity index (χ2v) is 4.51. The Balaban J connectivity index is 2.51. The molecule has 0 amide bonds. The van der Waals surface area contributed by atoms with Gasteiger partial charge in [0.2, 0.25) is 0 Å². The molecule has 0 heterocycles. The van der Waals surface area contributed by atoms with Crippen molar-refractivity contribution in [1.29, 1.82) is 0 Å². The lowest BCUT2D eigenvalue weighted by molar-refractivity contribution is 0.108. The van der Waals surface area contributed by atoms with E-state index in [2.05, 4.69) is 6.92 Å². The van der Waals surface area contributed by atoms with Crippen LogP contribution in [0.5, 0.6) is 0 Å². The fourth-order valence-electron chi connectivity index (χ4n) is 1.02. The van der Waals surface area contributed by atoms with Gasteiger partial charge in [-0.15, -0.1) is 11.8 Å². The zero-order valence-electron chi connectivity index (χ0n) is 8.13. The Kier molecular flexibility index (Phi) is 5.05. The van der Waals surface area contributed by atoms with Crippen molar-refractivity contribution in [2.75, 3.05) is 5.75 Å². The summed E-state index contributed by atoms with van der Waals surface area (Å²) < 4.78 is 0. The van der Waals surface area contributed by atoms with Gasteiger partial charge in [0.25, 0.3) is 5.24 Å². The third-order valence-corrected chi connectivity index (χ3v) is 3.16. The number of rotatable bonds is 5. The van der Waals surface area contributed by atoms with Crippen molar-refractivity contribution < 1.29 is 4.79 Å². The summed E-state index contributed by atoms with van der Waals surface area (Å²) in [6, 6.07) is 7.42. The van der Waals surface area contributed by atoms with Gasteiger partial charge in [-0.2, -0.15) is 0 Å². The van der Waals surface area contributed by atoms with Crippen LogP contribution in [0, 0.1) is 0 Å². The van der Waals surface area contributed by atoms with Gasteiger partial charge in [0.15, 0.2) is 0 Å². The van der Waals surface area contributed by atoms with Crippen LogP contribution in [-0.4, -0.2) is 11.0 Å². The van der Waals surface area contributed by atoms with Crippen LogP contribution in [0.4, 0.5) is 0 Å². The first-order valence-corrected chi connectivity index (χ1v) is 6.03. The summed E-state index contributed by atoms with van der Waals surface area (Å²) in [5.74, 6) is 1.13. The lowest BCUT2D eigenvalue weighted by Crippen LogP contribution is -1.87. The van der Waals surface area contributed by atoms with Gasteiger partial charge in [-0.25, -0.2) is 0 Å². The van der Waals surface area contributed by atoms with E-state index in [0.29, 0.717) is 5.56 Å². The van der Waals surface area contributed by atoms with Crippen molar-refractivity contribution in [2.24, 2.45) is 0 Å². The summed E-state index contributed by atoms with van der Waals surface area (Å²) in [6.07, 6.45) is 2.44. The molecule has 0 unspecified atom stereocenters. The van der Waals surface area contributed by atoms with Crippen LogP contribution in [0.3, 0.4) is 0 Å². The Morgan fingerprint density at radius 1 is 1.36 bits per heavy atom. The van der Waals surface area contributed by atoms with Crippen molar-refractivity contribution >= 4 is 28.6 Å². The average Bonchev–Trinajstić information content (AvgIpc) is 2.19. The Bertz CT molecular complexity index is 295. The Morgan fingerprint density at radius 3 is 2.50 bits per heavy atom. The molecule has 0 aliphatic rings. The molecule has 0 saturated carbocycles. The van der Waals surface area contributed by atoms with E-state index in [9.17, 15) is 4.79 Å². The van der Waals surface area contributed by atoms with Gasteiger partial charge in [0.1, 0.15) is 0 Å². The van der Waals surface area contributed by atoms with Crippen molar-refractivity contribution in [1.82, 2.24) is 0 Å². The largest absolute Gasteiger partial charge is 0.276 e. The highest BCUT2D eigenvalue weighted by Crippen LogP contribution is 2.20.